The van der Waals surface area contributed by atoms with Crippen molar-refractivity contribution >= 4 is 10.0 Å². The van der Waals surface area contributed by atoms with Crippen LogP contribution in [-0.2, 0) is 10.0 Å². The van der Waals surface area contributed by atoms with Gasteiger partial charge in [-0.25, -0.2) is 13.1 Å². The third-order valence-corrected chi connectivity index (χ3v) is 4.80. The lowest BCUT2D eigenvalue weighted by Gasteiger charge is -2.25. The smallest absolute Gasteiger partial charge is 0.241 e. The van der Waals surface area contributed by atoms with E-state index in [1.165, 1.54) is 0 Å². The summed E-state index contributed by atoms with van der Waals surface area (Å²) in [5, 5.41) is 0. The van der Waals surface area contributed by atoms with Gasteiger partial charge < -0.3 is 5.73 Å². The van der Waals surface area contributed by atoms with Crippen molar-refractivity contribution in [2.24, 2.45) is 5.73 Å². The van der Waals surface area contributed by atoms with Gasteiger partial charge in [0, 0.05) is 12.1 Å². The van der Waals surface area contributed by atoms with E-state index in [-0.39, 0.29) is 6.54 Å². The van der Waals surface area contributed by atoms with Crippen LogP contribution in [-0.4, -0.2) is 20.5 Å². The number of hydrogen-bond donors (Lipinski definition) is 2. The average Bonchev–Trinajstić information content (AvgIpc) is 2.13. The summed E-state index contributed by atoms with van der Waals surface area (Å²) in [7, 11) is -3.54. The Balaban J connectivity index is 3.30. The van der Waals surface area contributed by atoms with Crippen molar-refractivity contribution in [2.45, 2.75) is 45.1 Å². The zero-order valence-electron chi connectivity index (χ0n) is 11.7. The van der Waals surface area contributed by atoms with E-state index in [9.17, 15) is 8.42 Å². The summed E-state index contributed by atoms with van der Waals surface area (Å²) in [5.74, 6) is 0. The van der Waals surface area contributed by atoms with Crippen LogP contribution in [0.25, 0.3) is 0 Å². The molecule has 0 spiro atoms. The zero-order valence-corrected chi connectivity index (χ0v) is 12.5. The molecule has 0 bridgehead atoms. The molecule has 0 aliphatic carbocycles. The fourth-order valence-corrected chi connectivity index (χ4v) is 3.93. The topological polar surface area (TPSA) is 72.2 Å². The van der Waals surface area contributed by atoms with Gasteiger partial charge in [0.2, 0.25) is 10.0 Å². The Labute approximate surface area is 110 Å². The molecule has 3 N–H and O–H groups in total. The number of rotatable bonds is 4. The molecule has 18 heavy (non-hydrogen) atoms. The summed E-state index contributed by atoms with van der Waals surface area (Å²) < 4.78 is 27.4. The van der Waals surface area contributed by atoms with E-state index in [1.807, 2.05) is 32.9 Å². The van der Waals surface area contributed by atoms with Crippen molar-refractivity contribution < 1.29 is 8.42 Å². The second-order valence-electron chi connectivity index (χ2n) is 5.42. The van der Waals surface area contributed by atoms with Crippen LogP contribution in [0.4, 0.5) is 0 Å². The third-order valence-electron chi connectivity index (χ3n) is 2.79. The van der Waals surface area contributed by atoms with Crippen molar-refractivity contribution in [1.29, 1.82) is 0 Å². The molecule has 0 aliphatic heterocycles. The van der Waals surface area contributed by atoms with Gasteiger partial charge in [-0.15, -0.1) is 0 Å². The molecule has 0 radical (unpaired) electrons. The molecule has 0 aliphatic rings. The van der Waals surface area contributed by atoms with Gasteiger partial charge in [-0.2, -0.15) is 0 Å². The van der Waals surface area contributed by atoms with E-state index in [1.54, 1.807) is 13.8 Å². The van der Waals surface area contributed by atoms with Crippen LogP contribution >= 0.6 is 0 Å². The van der Waals surface area contributed by atoms with Crippen LogP contribution in [0.15, 0.2) is 17.0 Å². The molecule has 102 valence electrons. The summed E-state index contributed by atoms with van der Waals surface area (Å²) in [6.45, 7) is 9.35. The van der Waals surface area contributed by atoms with Crippen LogP contribution in [0.3, 0.4) is 0 Å². The van der Waals surface area contributed by atoms with Crippen molar-refractivity contribution in [3.63, 3.8) is 0 Å². The maximum Gasteiger partial charge on any atom is 0.241 e. The SMILES string of the molecule is Cc1cc(C)c(S(=O)(=O)NC(C)(C)CN)c(C)c1. The van der Waals surface area contributed by atoms with Gasteiger partial charge in [-0.3, -0.25) is 0 Å². The Hall–Kier alpha value is -0.910. The Kier molecular flexibility index (Phi) is 4.20. The van der Waals surface area contributed by atoms with Crippen LogP contribution < -0.4 is 10.5 Å². The van der Waals surface area contributed by atoms with Crippen LogP contribution in [0.5, 0.6) is 0 Å². The van der Waals surface area contributed by atoms with Crippen LogP contribution in [0.2, 0.25) is 0 Å². The van der Waals surface area contributed by atoms with E-state index in [4.69, 9.17) is 5.73 Å². The minimum atomic E-state index is -3.54. The summed E-state index contributed by atoms with van der Waals surface area (Å²) >= 11 is 0. The Morgan fingerprint density at radius 3 is 2.00 bits per heavy atom. The van der Waals surface area contributed by atoms with Crippen molar-refractivity contribution in [3.8, 4) is 0 Å². The first-order valence-corrected chi connectivity index (χ1v) is 7.39. The second kappa shape index (κ2) is 4.99. The lowest BCUT2D eigenvalue weighted by Crippen LogP contribution is -2.48. The predicted octanol–water partition coefficient (Wildman–Crippen LogP) is 1.63. The van der Waals surface area contributed by atoms with Gasteiger partial charge in [0.15, 0.2) is 0 Å². The molecule has 5 heteroatoms. The summed E-state index contributed by atoms with van der Waals surface area (Å²) in [6.07, 6.45) is 0. The zero-order chi connectivity index (χ0) is 14.1. The summed E-state index contributed by atoms with van der Waals surface area (Å²) in [6, 6.07) is 3.74. The lowest BCUT2D eigenvalue weighted by molar-refractivity contribution is 0.462. The van der Waals surface area contributed by atoms with Crippen molar-refractivity contribution in [3.05, 3.63) is 28.8 Å². The van der Waals surface area contributed by atoms with E-state index >= 15 is 0 Å². The third kappa shape index (κ3) is 3.31. The molecular weight excluding hydrogens is 248 g/mol. The van der Waals surface area contributed by atoms with E-state index < -0.39 is 15.6 Å². The first-order valence-electron chi connectivity index (χ1n) is 5.91. The van der Waals surface area contributed by atoms with Crippen molar-refractivity contribution in [1.82, 2.24) is 4.72 Å². The summed E-state index contributed by atoms with van der Waals surface area (Å²) in [4.78, 5) is 0.356. The lowest BCUT2D eigenvalue weighted by atomic mass is 10.1. The molecule has 1 rings (SSSR count). The first kappa shape index (κ1) is 15.1. The molecule has 0 amide bonds. The number of nitrogens with one attached hydrogen (secondary N) is 1. The Morgan fingerprint density at radius 1 is 1.17 bits per heavy atom. The van der Waals surface area contributed by atoms with Gasteiger partial charge >= 0.3 is 0 Å². The minimum absolute atomic E-state index is 0.246. The molecule has 0 fully saturated rings. The molecule has 0 saturated heterocycles. The van der Waals surface area contributed by atoms with Crippen LogP contribution in [0.1, 0.15) is 30.5 Å². The number of nitrogens with two attached hydrogens (primary N) is 1. The van der Waals surface area contributed by atoms with Gasteiger partial charge in [0.05, 0.1) is 4.90 Å². The molecule has 0 heterocycles. The quantitative estimate of drug-likeness (QED) is 0.873. The van der Waals surface area contributed by atoms with Gasteiger partial charge in [0.25, 0.3) is 0 Å². The number of hydrogen-bond acceptors (Lipinski definition) is 3. The fraction of sp³-hybridized carbons (Fsp3) is 0.538. The highest BCUT2D eigenvalue weighted by atomic mass is 32.2. The first-order chi connectivity index (χ1) is 8.09. The molecule has 0 atom stereocenters. The van der Waals surface area contributed by atoms with E-state index in [0.29, 0.717) is 4.90 Å². The number of sulfonamides is 1. The van der Waals surface area contributed by atoms with Crippen LogP contribution in [0, 0.1) is 20.8 Å². The summed E-state index contributed by atoms with van der Waals surface area (Å²) in [5.41, 5.74) is 7.49. The monoisotopic (exact) mass is 270 g/mol. The average molecular weight is 270 g/mol. The highest BCUT2D eigenvalue weighted by molar-refractivity contribution is 7.89. The Morgan fingerprint density at radius 2 is 1.61 bits per heavy atom. The molecule has 1 aromatic rings. The van der Waals surface area contributed by atoms with Gasteiger partial charge in [0.1, 0.15) is 0 Å². The highest BCUT2D eigenvalue weighted by Crippen LogP contribution is 2.22. The fourth-order valence-electron chi connectivity index (χ4n) is 2.05. The van der Waals surface area contributed by atoms with E-state index in [0.717, 1.165) is 16.7 Å². The molecule has 0 aromatic heterocycles. The normalized spacial score (nSPS) is 12.8. The largest absolute Gasteiger partial charge is 0.329 e. The van der Waals surface area contributed by atoms with Gasteiger partial charge in [-0.05, 0) is 45.7 Å². The standard InChI is InChI=1S/C13H22N2O2S/c1-9-6-10(2)12(11(3)7-9)18(16,17)15-13(4,5)8-14/h6-7,15H,8,14H2,1-5H3. The molecule has 0 saturated carbocycles. The van der Waals surface area contributed by atoms with E-state index in [2.05, 4.69) is 4.72 Å². The molecule has 1 aromatic carbocycles. The Bertz CT molecular complexity index is 525. The highest BCUT2D eigenvalue weighted by Gasteiger charge is 2.27. The molecule has 0 unspecified atom stereocenters. The molecular formula is C13H22N2O2S. The predicted molar refractivity (Wildman–Crippen MR) is 74.1 cm³/mol. The number of aryl methyl sites for hydroxylation is 3. The number of benzene rings is 1. The van der Waals surface area contributed by atoms with Crippen molar-refractivity contribution in [2.75, 3.05) is 6.54 Å². The second-order valence-corrected chi connectivity index (χ2v) is 7.04. The van der Waals surface area contributed by atoms with Gasteiger partial charge in [-0.1, -0.05) is 17.7 Å². The maximum absolute atomic E-state index is 12.4. The maximum atomic E-state index is 12.4. The minimum Gasteiger partial charge on any atom is -0.329 e. The molecule has 4 nitrogen and oxygen atoms in total.